The molecule has 1 rings (SSSR count). The smallest absolute Gasteiger partial charge is 0.125 e. The molecule has 2 N–H and O–H groups in total. The van der Waals surface area contributed by atoms with Crippen molar-refractivity contribution in [2.24, 2.45) is 5.73 Å². The van der Waals surface area contributed by atoms with Crippen molar-refractivity contribution in [1.82, 2.24) is 0 Å². The minimum absolute atomic E-state index is 0.417. The van der Waals surface area contributed by atoms with Crippen molar-refractivity contribution in [3.05, 3.63) is 22.6 Å². The van der Waals surface area contributed by atoms with E-state index in [0.29, 0.717) is 17.5 Å². The number of nitrogens with two attached hydrogens (primary N) is 1. The molecule has 0 bridgehead atoms. The third-order valence-corrected chi connectivity index (χ3v) is 2.62. The van der Waals surface area contributed by atoms with Gasteiger partial charge >= 0.3 is 0 Å². The molecule has 0 saturated carbocycles. The Labute approximate surface area is 84.1 Å². The van der Waals surface area contributed by atoms with Crippen LogP contribution in [-0.2, 0) is 6.54 Å². The Morgan fingerprint density at radius 1 is 1.46 bits per heavy atom. The van der Waals surface area contributed by atoms with E-state index in [0.717, 1.165) is 24.4 Å². The van der Waals surface area contributed by atoms with Crippen LogP contribution in [0.5, 0.6) is 0 Å². The molecule has 3 heteroatoms. The average molecular weight is 202 g/mol. The highest BCUT2D eigenvalue weighted by Gasteiger charge is 2.16. The zero-order valence-electron chi connectivity index (χ0n) is 8.14. The summed E-state index contributed by atoms with van der Waals surface area (Å²) in [5.74, 6) is 2.09. The second-order valence-corrected chi connectivity index (χ2v) is 3.55. The van der Waals surface area contributed by atoms with E-state index in [9.17, 15) is 0 Å². The number of hydrogen-bond donors (Lipinski definition) is 1. The molecule has 0 unspecified atom stereocenters. The Bertz CT molecular complexity index is 266. The van der Waals surface area contributed by atoms with Crippen LogP contribution in [0.15, 0.2) is 10.5 Å². The van der Waals surface area contributed by atoms with E-state index >= 15 is 0 Å². The van der Waals surface area contributed by atoms with Crippen LogP contribution in [-0.4, -0.2) is 0 Å². The highest BCUT2D eigenvalue weighted by molar-refractivity contribution is 6.31. The number of rotatable bonds is 4. The van der Waals surface area contributed by atoms with E-state index in [1.54, 1.807) is 0 Å². The number of furan rings is 1. The predicted molar refractivity (Wildman–Crippen MR) is 54.9 cm³/mol. The molecule has 0 aliphatic heterocycles. The van der Waals surface area contributed by atoms with Gasteiger partial charge in [-0.15, -0.1) is 0 Å². The van der Waals surface area contributed by atoms with Crippen LogP contribution >= 0.6 is 11.6 Å². The summed E-state index contributed by atoms with van der Waals surface area (Å²) in [5, 5.41) is 0.717. The normalized spacial score (nSPS) is 11.2. The van der Waals surface area contributed by atoms with Gasteiger partial charge in [0.2, 0.25) is 0 Å². The first-order valence-corrected chi connectivity index (χ1v) is 5.08. The third-order valence-electron chi connectivity index (χ3n) is 2.32. The fourth-order valence-electron chi connectivity index (χ4n) is 1.47. The first-order chi connectivity index (χ1) is 6.22. The van der Waals surface area contributed by atoms with E-state index in [4.69, 9.17) is 21.8 Å². The number of halogens is 1. The molecule has 0 saturated heterocycles. The largest absolute Gasteiger partial charge is 0.463 e. The molecule has 0 radical (unpaired) electrons. The average Bonchev–Trinajstić information content (AvgIpc) is 2.50. The van der Waals surface area contributed by atoms with Gasteiger partial charge in [0, 0.05) is 5.92 Å². The van der Waals surface area contributed by atoms with Crippen molar-refractivity contribution in [1.29, 1.82) is 0 Å². The summed E-state index contributed by atoms with van der Waals surface area (Å²) in [4.78, 5) is 0. The Morgan fingerprint density at radius 3 is 2.46 bits per heavy atom. The van der Waals surface area contributed by atoms with Crippen molar-refractivity contribution >= 4 is 11.6 Å². The minimum atomic E-state index is 0.417. The first kappa shape index (κ1) is 10.6. The highest BCUT2D eigenvalue weighted by atomic mass is 35.5. The third kappa shape index (κ3) is 2.26. The molecular formula is C10H16ClNO. The van der Waals surface area contributed by atoms with Crippen LogP contribution in [0.1, 0.15) is 44.1 Å². The summed E-state index contributed by atoms with van der Waals surface area (Å²) >= 11 is 6.03. The van der Waals surface area contributed by atoms with Gasteiger partial charge in [-0.3, -0.25) is 0 Å². The molecule has 13 heavy (non-hydrogen) atoms. The summed E-state index contributed by atoms with van der Waals surface area (Å²) < 4.78 is 5.55. The van der Waals surface area contributed by atoms with Crippen LogP contribution < -0.4 is 5.73 Å². The Kier molecular flexibility index (Phi) is 3.82. The van der Waals surface area contributed by atoms with E-state index in [1.807, 2.05) is 6.07 Å². The van der Waals surface area contributed by atoms with Crippen LogP contribution in [0, 0.1) is 0 Å². The Morgan fingerprint density at radius 2 is 2.08 bits per heavy atom. The molecular weight excluding hydrogens is 186 g/mol. The monoisotopic (exact) mass is 201 g/mol. The summed E-state index contributed by atoms with van der Waals surface area (Å²) in [6, 6.07) is 1.81. The first-order valence-electron chi connectivity index (χ1n) is 4.71. The predicted octanol–water partition coefficient (Wildman–Crippen LogP) is 3.30. The number of hydrogen-bond acceptors (Lipinski definition) is 2. The van der Waals surface area contributed by atoms with Gasteiger partial charge in [0.15, 0.2) is 0 Å². The van der Waals surface area contributed by atoms with Gasteiger partial charge in [-0.05, 0) is 18.9 Å². The molecule has 1 aromatic rings. The molecule has 1 heterocycles. The zero-order valence-corrected chi connectivity index (χ0v) is 8.90. The van der Waals surface area contributed by atoms with Crippen LogP contribution in [0.4, 0.5) is 0 Å². The molecule has 74 valence electrons. The standard InChI is InChI=1S/C10H16ClNO/c1-3-7(4-2)10-9(11)5-8(6-12)13-10/h5,7H,3-4,6,12H2,1-2H3. The molecule has 0 aliphatic carbocycles. The van der Waals surface area contributed by atoms with Gasteiger partial charge in [-0.2, -0.15) is 0 Å². The molecule has 0 amide bonds. The van der Waals surface area contributed by atoms with Gasteiger partial charge in [0.1, 0.15) is 11.5 Å². The lowest BCUT2D eigenvalue weighted by molar-refractivity contribution is 0.419. The fourth-order valence-corrected chi connectivity index (χ4v) is 1.78. The van der Waals surface area contributed by atoms with E-state index in [2.05, 4.69) is 13.8 Å². The van der Waals surface area contributed by atoms with Gasteiger partial charge < -0.3 is 10.2 Å². The summed E-state index contributed by atoms with van der Waals surface area (Å²) in [6.07, 6.45) is 2.10. The van der Waals surface area contributed by atoms with E-state index in [-0.39, 0.29) is 0 Å². The van der Waals surface area contributed by atoms with Crippen LogP contribution in [0.2, 0.25) is 5.02 Å². The van der Waals surface area contributed by atoms with Crippen LogP contribution in [0.3, 0.4) is 0 Å². The van der Waals surface area contributed by atoms with Crippen LogP contribution in [0.25, 0.3) is 0 Å². The Hall–Kier alpha value is -0.470. The lowest BCUT2D eigenvalue weighted by Crippen LogP contribution is -1.95. The molecule has 0 spiro atoms. The van der Waals surface area contributed by atoms with E-state index < -0.39 is 0 Å². The SMILES string of the molecule is CCC(CC)c1oc(CN)cc1Cl. The van der Waals surface area contributed by atoms with Crippen molar-refractivity contribution in [2.45, 2.75) is 39.2 Å². The Balaban J connectivity index is 2.91. The topological polar surface area (TPSA) is 39.2 Å². The van der Waals surface area contributed by atoms with Gasteiger partial charge in [0.05, 0.1) is 11.6 Å². The molecule has 0 atom stereocenters. The van der Waals surface area contributed by atoms with Gasteiger partial charge in [0.25, 0.3) is 0 Å². The second kappa shape index (κ2) is 4.68. The molecule has 1 aromatic heterocycles. The summed E-state index contributed by atoms with van der Waals surface area (Å²) in [5.41, 5.74) is 5.46. The lowest BCUT2D eigenvalue weighted by Gasteiger charge is -2.08. The molecule has 2 nitrogen and oxygen atoms in total. The molecule has 0 aliphatic rings. The van der Waals surface area contributed by atoms with Crippen molar-refractivity contribution in [3.8, 4) is 0 Å². The zero-order chi connectivity index (χ0) is 9.84. The van der Waals surface area contributed by atoms with Gasteiger partial charge in [-0.1, -0.05) is 25.4 Å². The maximum atomic E-state index is 6.03. The molecule has 0 fully saturated rings. The second-order valence-electron chi connectivity index (χ2n) is 3.14. The quantitative estimate of drug-likeness (QED) is 0.812. The summed E-state index contributed by atoms with van der Waals surface area (Å²) in [7, 11) is 0. The van der Waals surface area contributed by atoms with Gasteiger partial charge in [-0.25, -0.2) is 0 Å². The van der Waals surface area contributed by atoms with Crippen molar-refractivity contribution < 1.29 is 4.42 Å². The fraction of sp³-hybridized carbons (Fsp3) is 0.600. The molecule has 0 aromatic carbocycles. The van der Waals surface area contributed by atoms with Crippen molar-refractivity contribution in [2.75, 3.05) is 0 Å². The maximum absolute atomic E-state index is 6.03. The van der Waals surface area contributed by atoms with Crippen molar-refractivity contribution in [3.63, 3.8) is 0 Å². The lowest BCUT2D eigenvalue weighted by atomic mass is 10.0. The maximum Gasteiger partial charge on any atom is 0.125 e. The highest BCUT2D eigenvalue weighted by Crippen LogP contribution is 2.32. The van der Waals surface area contributed by atoms with E-state index in [1.165, 1.54) is 0 Å². The minimum Gasteiger partial charge on any atom is -0.463 e. The summed E-state index contributed by atoms with van der Waals surface area (Å²) in [6.45, 7) is 4.68.